The first-order valence-electron chi connectivity index (χ1n) is 11.2. The van der Waals surface area contributed by atoms with Crippen LogP contribution in [0, 0.1) is 0 Å². The maximum Gasteiger partial charge on any atom is 0.227 e. The van der Waals surface area contributed by atoms with Crippen LogP contribution in [0.25, 0.3) is 0 Å². The number of nitrogens with zero attached hydrogens (tertiary/aromatic N) is 3. The number of pyridine rings is 1. The first-order valence-corrected chi connectivity index (χ1v) is 11.2. The van der Waals surface area contributed by atoms with Gasteiger partial charge in [0.05, 0.1) is 0 Å². The second-order valence-corrected chi connectivity index (χ2v) is 7.87. The fourth-order valence-electron chi connectivity index (χ4n) is 3.68. The molecule has 0 atom stereocenters. The third-order valence-electron chi connectivity index (χ3n) is 5.49. The number of aromatic nitrogens is 1. The van der Waals surface area contributed by atoms with Crippen LogP contribution >= 0.6 is 0 Å². The highest BCUT2D eigenvalue weighted by Gasteiger charge is 2.21. The van der Waals surface area contributed by atoms with E-state index in [4.69, 9.17) is 4.74 Å². The predicted molar refractivity (Wildman–Crippen MR) is 130 cm³/mol. The molecule has 7 nitrogen and oxygen atoms in total. The van der Waals surface area contributed by atoms with Crippen molar-refractivity contribution in [3.63, 3.8) is 0 Å². The maximum atomic E-state index is 11.9. The average molecular weight is 444 g/mol. The molecule has 2 N–H and O–H groups in total. The molecule has 1 saturated heterocycles. The molecule has 170 valence electrons. The third-order valence-corrected chi connectivity index (χ3v) is 5.49. The minimum Gasteiger partial charge on any atom is -0.473 e. The molecule has 3 aromatic rings. The summed E-state index contributed by atoms with van der Waals surface area (Å²) in [5.74, 6) is 1.50. The van der Waals surface area contributed by atoms with Crippen molar-refractivity contribution in [2.45, 2.75) is 32.5 Å². The van der Waals surface area contributed by atoms with E-state index in [1.807, 2.05) is 71.6 Å². The van der Waals surface area contributed by atoms with Crippen molar-refractivity contribution in [1.82, 2.24) is 15.6 Å². The quantitative estimate of drug-likeness (QED) is 0.410. The SMILES string of the molecule is CN=C(NCc1ccc(N2CCCC2=O)cc1)NCc1ccnc(OCc2ccccc2)c1. The Morgan fingerprint density at radius 1 is 1.00 bits per heavy atom. The summed E-state index contributed by atoms with van der Waals surface area (Å²) in [7, 11) is 1.75. The number of rotatable bonds is 8. The molecule has 7 heteroatoms. The molecule has 4 rings (SSSR count). The van der Waals surface area contributed by atoms with Gasteiger partial charge < -0.3 is 20.3 Å². The zero-order chi connectivity index (χ0) is 22.9. The molecule has 1 aromatic heterocycles. The molecule has 0 aliphatic carbocycles. The fourth-order valence-corrected chi connectivity index (χ4v) is 3.68. The van der Waals surface area contributed by atoms with E-state index in [1.54, 1.807) is 13.2 Å². The molecule has 1 aliphatic heterocycles. The summed E-state index contributed by atoms with van der Waals surface area (Å²) in [4.78, 5) is 22.4. The van der Waals surface area contributed by atoms with Crippen LogP contribution in [0.4, 0.5) is 5.69 Å². The van der Waals surface area contributed by atoms with Gasteiger partial charge in [0.1, 0.15) is 6.61 Å². The number of amides is 1. The van der Waals surface area contributed by atoms with Crippen LogP contribution in [0.5, 0.6) is 5.88 Å². The standard InChI is InChI=1S/C26H29N5O2/c1-27-26(29-17-20-9-11-23(12-10-20)31-15-5-8-25(31)32)30-18-22-13-14-28-24(16-22)33-19-21-6-3-2-4-7-21/h2-4,6-7,9-14,16H,5,8,15,17-19H2,1H3,(H2,27,29,30). The Bertz CT molecular complexity index is 1080. The van der Waals surface area contributed by atoms with Gasteiger partial charge in [-0.2, -0.15) is 0 Å². The monoisotopic (exact) mass is 443 g/mol. The number of benzene rings is 2. The van der Waals surface area contributed by atoms with Gasteiger partial charge in [0, 0.05) is 51.1 Å². The lowest BCUT2D eigenvalue weighted by atomic mass is 10.2. The Balaban J connectivity index is 1.25. The highest BCUT2D eigenvalue weighted by molar-refractivity contribution is 5.95. The molecule has 0 saturated carbocycles. The summed E-state index contributed by atoms with van der Waals surface area (Å²) in [6, 6.07) is 22.0. The maximum absolute atomic E-state index is 11.9. The van der Waals surface area contributed by atoms with Gasteiger partial charge in [0.25, 0.3) is 0 Å². The first-order chi connectivity index (χ1) is 16.2. The molecule has 0 bridgehead atoms. The number of guanidine groups is 1. The van der Waals surface area contributed by atoms with E-state index >= 15 is 0 Å². The van der Waals surface area contributed by atoms with Crippen LogP contribution in [0.2, 0.25) is 0 Å². The van der Waals surface area contributed by atoms with Crippen molar-refractivity contribution in [1.29, 1.82) is 0 Å². The number of ether oxygens (including phenoxy) is 1. The van der Waals surface area contributed by atoms with Crippen LogP contribution in [0.15, 0.2) is 77.9 Å². The molecular weight excluding hydrogens is 414 g/mol. The lowest BCUT2D eigenvalue weighted by Crippen LogP contribution is -2.36. The number of nitrogens with one attached hydrogen (secondary N) is 2. The lowest BCUT2D eigenvalue weighted by molar-refractivity contribution is -0.117. The van der Waals surface area contributed by atoms with Crippen LogP contribution in [0.3, 0.4) is 0 Å². The molecule has 2 heterocycles. The van der Waals surface area contributed by atoms with E-state index in [2.05, 4.69) is 20.6 Å². The summed E-state index contributed by atoms with van der Waals surface area (Å²) < 4.78 is 5.82. The van der Waals surface area contributed by atoms with E-state index in [1.165, 1.54) is 0 Å². The van der Waals surface area contributed by atoms with Gasteiger partial charge in [-0.3, -0.25) is 9.79 Å². The van der Waals surface area contributed by atoms with Gasteiger partial charge in [0.15, 0.2) is 5.96 Å². The van der Waals surface area contributed by atoms with Crippen molar-refractivity contribution in [2.75, 3.05) is 18.5 Å². The first kappa shape index (κ1) is 22.3. The summed E-state index contributed by atoms with van der Waals surface area (Å²) in [6.45, 7) is 2.52. The summed E-state index contributed by atoms with van der Waals surface area (Å²) in [6.07, 6.45) is 3.33. The van der Waals surface area contributed by atoms with Gasteiger partial charge in [-0.05, 0) is 41.3 Å². The van der Waals surface area contributed by atoms with Crippen LogP contribution < -0.4 is 20.3 Å². The zero-order valence-electron chi connectivity index (χ0n) is 18.8. The van der Waals surface area contributed by atoms with E-state index in [9.17, 15) is 4.79 Å². The molecule has 0 spiro atoms. The lowest BCUT2D eigenvalue weighted by Gasteiger charge is -2.16. The zero-order valence-corrected chi connectivity index (χ0v) is 18.8. The number of anilines is 1. The van der Waals surface area contributed by atoms with Gasteiger partial charge in [-0.15, -0.1) is 0 Å². The van der Waals surface area contributed by atoms with Crippen molar-refractivity contribution < 1.29 is 9.53 Å². The molecular formula is C26H29N5O2. The molecule has 33 heavy (non-hydrogen) atoms. The normalized spacial score (nSPS) is 13.8. The van der Waals surface area contributed by atoms with Gasteiger partial charge >= 0.3 is 0 Å². The fraction of sp³-hybridized carbons (Fsp3) is 0.269. The molecule has 0 radical (unpaired) electrons. The Labute approximate surface area is 194 Å². The summed E-state index contributed by atoms with van der Waals surface area (Å²) >= 11 is 0. The molecule has 1 fully saturated rings. The van der Waals surface area contributed by atoms with Crippen molar-refractivity contribution in [2.24, 2.45) is 4.99 Å². The number of carbonyl (C=O) groups is 1. The van der Waals surface area contributed by atoms with Crippen molar-refractivity contribution in [3.05, 3.63) is 89.6 Å². The van der Waals surface area contributed by atoms with E-state index in [0.29, 0.717) is 38.0 Å². The average Bonchev–Trinajstić information content (AvgIpc) is 3.30. The molecule has 0 unspecified atom stereocenters. The van der Waals surface area contributed by atoms with Gasteiger partial charge in [-0.1, -0.05) is 42.5 Å². The largest absolute Gasteiger partial charge is 0.473 e. The third kappa shape index (κ3) is 6.32. The topological polar surface area (TPSA) is 78.9 Å². The molecule has 1 aliphatic rings. The molecule has 2 aromatic carbocycles. The number of hydrogen-bond donors (Lipinski definition) is 2. The van der Waals surface area contributed by atoms with Crippen molar-refractivity contribution >= 4 is 17.6 Å². The highest BCUT2D eigenvalue weighted by atomic mass is 16.5. The molecule has 1 amide bonds. The minimum atomic E-state index is 0.204. The number of hydrogen-bond acceptors (Lipinski definition) is 4. The Morgan fingerprint density at radius 3 is 2.45 bits per heavy atom. The number of aliphatic imine (C=N–C) groups is 1. The highest BCUT2D eigenvalue weighted by Crippen LogP contribution is 2.21. The summed E-state index contributed by atoms with van der Waals surface area (Å²) in [5.41, 5.74) is 4.24. The summed E-state index contributed by atoms with van der Waals surface area (Å²) in [5, 5.41) is 6.65. The second kappa shape index (κ2) is 11.1. The van der Waals surface area contributed by atoms with Gasteiger partial charge in [-0.25, -0.2) is 4.98 Å². The second-order valence-electron chi connectivity index (χ2n) is 7.87. The minimum absolute atomic E-state index is 0.204. The van der Waals surface area contributed by atoms with Crippen LogP contribution in [0.1, 0.15) is 29.5 Å². The number of carbonyl (C=O) groups excluding carboxylic acids is 1. The van der Waals surface area contributed by atoms with Gasteiger partial charge in [0.2, 0.25) is 11.8 Å². The van der Waals surface area contributed by atoms with E-state index in [0.717, 1.165) is 35.3 Å². The Morgan fingerprint density at radius 2 is 1.76 bits per heavy atom. The van der Waals surface area contributed by atoms with Crippen LogP contribution in [-0.2, 0) is 24.5 Å². The van der Waals surface area contributed by atoms with E-state index < -0.39 is 0 Å². The smallest absolute Gasteiger partial charge is 0.227 e. The van der Waals surface area contributed by atoms with E-state index in [-0.39, 0.29) is 5.91 Å². The Kier molecular flexibility index (Phi) is 7.53. The van der Waals surface area contributed by atoms with Crippen molar-refractivity contribution in [3.8, 4) is 5.88 Å². The van der Waals surface area contributed by atoms with Crippen LogP contribution in [-0.4, -0.2) is 30.4 Å². The predicted octanol–water partition coefficient (Wildman–Crippen LogP) is 3.65. The Hall–Kier alpha value is -3.87.